The fourth-order valence-electron chi connectivity index (χ4n) is 2.16. The molecule has 0 saturated carbocycles. The van der Waals surface area contributed by atoms with Gasteiger partial charge in [-0.15, -0.1) is 0 Å². The summed E-state index contributed by atoms with van der Waals surface area (Å²) >= 11 is 3.51. The van der Waals surface area contributed by atoms with Crippen LogP contribution in [-0.2, 0) is 7.05 Å². The molecule has 6 heteroatoms. The number of alkyl halides is 1. The van der Waals surface area contributed by atoms with Crippen molar-refractivity contribution in [3.05, 3.63) is 0 Å². The van der Waals surface area contributed by atoms with E-state index in [1.165, 1.54) is 19.3 Å². The average molecular weight is 274 g/mol. The van der Waals surface area contributed by atoms with Gasteiger partial charge in [0.1, 0.15) is 0 Å². The van der Waals surface area contributed by atoms with Crippen molar-refractivity contribution in [2.45, 2.75) is 31.7 Å². The Morgan fingerprint density at radius 3 is 3.00 bits per heavy atom. The molecule has 1 unspecified atom stereocenters. The van der Waals surface area contributed by atoms with Gasteiger partial charge in [0.05, 0.1) is 0 Å². The Morgan fingerprint density at radius 1 is 1.47 bits per heavy atom. The van der Waals surface area contributed by atoms with E-state index >= 15 is 0 Å². The lowest BCUT2D eigenvalue weighted by Crippen LogP contribution is -2.41. The molecule has 1 aromatic rings. The van der Waals surface area contributed by atoms with Crippen LogP contribution >= 0.6 is 15.9 Å². The lowest BCUT2D eigenvalue weighted by atomic mass is 10.0. The fraction of sp³-hybridized carbons (Fsp3) is 0.889. The van der Waals surface area contributed by atoms with Crippen LogP contribution in [0, 0.1) is 0 Å². The smallest absolute Gasteiger partial charge is 0.245 e. The second kappa shape index (κ2) is 4.92. The molecule has 2 rings (SSSR count). The van der Waals surface area contributed by atoms with Gasteiger partial charge in [-0.1, -0.05) is 21.0 Å². The zero-order valence-electron chi connectivity index (χ0n) is 8.93. The molecule has 15 heavy (non-hydrogen) atoms. The minimum absolute atomic E-state index is 0.586. The third kappa shape index (κ3) is 2.30. The highest BCUT2D eigenvalue weighted by Gasteiger charge is 2.25. The van der Waals surface area contributed by atoms with Gasteiger partial charge >= 0.3 is 0 Å². The number of piperidine rings is 1. The topological polar surface area (TPSA) is 46.8 Å². The molecule has 2 heterocycles. The first-order chi connectivity index (χ1) is 7.33. The normalized spacial score (nSPS) is 22.0. The first-order valence-corrected chi connectivity index (χ1v) is 6.50. The maximum atomic E-state index is 4.08. The quantitative estimate of drug-likeness (QED) is 0.781. The van der Waals surface area contributed by atoms with Crippen LogP contribution in [-0.4, -0.2) is 38.1 Å². The van der Waals surface area contributed by atoms with E-state index in [1.807, 2.05) is 7.05 Å². The molecular formula is C9H16BrN5. The third-order valence-corrected chi connectivity index (χ3v) is 3.38. The predicted molar refractivity (Wildman–Crippen MR) is 62.2 cm³/mol. The SMILES string of the molecule is Cn1nnnc1N1CCCCC1CCBr. The van der Waals surface area contributed by atoms with Crippen LogP contribution in [0.15, 0.2) is 0 Å². The highest BCUT2D eigenvalue weighted by Crippen LogP contribution is 2.24. The summed E-state index contributed by atoms with van der Waals surface area (Å²) in [6.45, 7) is 1.08. The Bertz CT molecular complexity index is 311. The summed E-state index contributed by atoms with van der Waals surface area (Å²) in [6, 6.07) is 0.586. The second-order valence-electron chi connectivity index (χ2n) is 3.92. The van der Waals surface area contributed by atoms with Crippen molar-refractivity contribution in [2.24, 2.45) is 7.05 Å². The van der Waals surface area contributed by atoms with Gasteiger partial charge in [-0.2, -0.15) is 0 Å². The largest absolute Gasteiger partial charge is 0.337 e. The van der Waals surface area contributed by atoms with E-state index in [2.05, 4.69) is 36.4 Å². The maximum absolute atomic E-state index is 4.08. The molecule has 0 amide bonds. The molecule has 0 aliphatic carbocycles. The van der Waals surface area contributed by atoms with Crippen LogP contribution in [0.3, 0.4) is 0 Å². The summed E-state index contributed by atoms with van der Waals surface area (Å²) in [5.41, 5.74) is 0. The molecule has 1 fully saturated rings. The van der Waals surface area contributed by atoms with Gasteiger partial charge in [-0.3, -0.25) is 0 Å². The lowest BCUT2D eigenvalue weighted by Gasteiger charge is -2.35. The Kier molecular flexibility index (Phi) is 3.56. The van der Waals surface area contributed by atoms with E-state index in [0.29, 0.717) is 6.04 Å². The molecule has 0 bridgehead atoms. The van der Waals surface area contributed by atoms with Crippen molar-refractivity contribution in [1.29, 1.82) is 0 Å². The predicted octanol–water partition coefficient (Wildman–Crippen LogP) is 1.35. The van der Waals surface area contributed by atoms with Gasteiger partial charge in [-0.25, -0.2) is 4.68 Å². The van der Waals surface area contributed by atoms with E-state index < -0.39 is 0 Å². The van der Waals surface area contributed by atoms with Gasteiger partial charge in [0.15, 0.2) is 0 Å². The zero-order valence-corrected chi connectivity index (χ0v) is 10.5. The second-order valence-corrected chi connectivity index (χ2v) is 4.72. The van der Waals surface area contributed by atoms with Crippen LogP contribution in [0.5, 0.6) is 0 Å². The summed E-state index contributed by atoms with van der Waals surface area (Å²) in [5.74, 6) is 0.903. The minimum atomic E-state index is 0.586. The number of anilines is 1. The van der Waals surface area contributed by atoms with Crippen molar-refractivity contribution < 1.29 is 0 Å². The molecular weight excluding hydrogens is 258 g/mol. The van der Waals surface area contributed by atoms with Gasteiger partial charge in [0.2, 0.25) is 5.95 Å². The monoisotopic (exact) mass is 273 g/mol. The maximum Gasteiger partial charge on any atom is 0.245 e. The van der Waals surface area contributed by atoms with Crippen molar-refractivity contribution in [1.82, 2.24) is 20.2 Å². The summed E-state index contributed by atoms with van der Waals surface area (Å²) < 4.78 is 1.76. The Morgan fingerprint density at radius 2 is 2.33 bits per heavy atom. The molecule has 0 aromatic carbocycles. The van der Waals surface area contributed by atoms with Crippen LogP contribution in [0.4, 0.5) is 5.95 Å². The molecule has 5 nitrogen and oxygen atoms in total. The van der Waals surface area contributed by atoms with Crippen LogP contribution in [0.25, 0.3) is 0 Å². The highest BCUT2D eigenvalue weighted by molar-refractivity contribution is 9.09. The molecule has 1 aliphatic heterocycles. The van der Waals surface area contributed by atoms with E-state index in [4.69, 9.17) is 0 Å². The van der Waals surface area contributed by atoms with Gasteiger partial charge < -0.3 is 4.90 Å². The molecule has 0 spiro atoms. The molecule has 1 atom stereocenters. The summed E-state index contributed by atoms with van der Waals surface area (Å²) in [7, 11) is 1.90. The molecule has 84 valence electrons. The number of aryl methyl sites for hydroxylation is 1. The number of rotatable bonds is 3. The van der Waals surface area contributed by atoms with Crippen LogP contribution in [0.2, 0.25) is 0 Å². The Hall–Kier alpha value is -0.650. The fourth-order valence-corrected chi connectivity index (χ4v) is 2.69. The van der Waals surface area contributed by atoms with E-state index in [9.17, 15) is 0 Å². The summed E-state index contributed by atoms with van der Waals surface area (Å²) in [6.07, 6.45) is 4.97. The average Bonchev–Trinajstić information content (AvgIpc) is 2.66. The van der Waals surface area contributed by atoms with Crippen molar-refractivity contribution in [3.63, 3.8) is 0 Å². The molecule has 1 aliphatic rings. The first kappa shape index (κ1) is 10.9. The Balaban J connectivity index is 2.14. The number of nitrogens with zero attached hydrogens (tertiary/aromatic N) is 5. The van der Waals surface area contributed by atoms with Crippen molar-refractivity contribution in [3.8, 4) is 0 Å². The lowest BCUT2D eigenvalue weighted by molar-refractivity contribution is 0.440. The van der Waals surface area contributed by atoms with Gasteiger partial charge in [-0.05, 0) is 36.1 Å². The van der Waals surface area contributed by atoms with Crippen LogP contribution < -0.4 is 4.90 Å². The summed E-state index contributed by atoms with van der Waals surface area (Å²) in [5, 5.41) is 12.7. The zero-order chi connectivity index (χ0) is 10.7. The number of tetrazole rings is 1. The number of halogens is 1. The number of hydrogen-bond donors (Lipinski definition) is 0. The molecule has 0 N–H and O–H groups in total. The third-order valence-electron chi connectivity index (χ3n) is 2.92. The Labute approximate surface area is 98.0 Å². The first-order valence-electron chi connectivity index (χ1n) is 5.38. The van der Waals surface area contributed by atoms with Crippen molar-refractivity contribution >= 4 is 21.9 Å². The molecule has 1 saturated heterocycles. The van der Waals surface area contributed by atoms with Gasteiger partial charge in [0.25, 0.3) is 0 Å². The number of hydrogen-bond acceptors (Lipinski definition) is 4. The minimum Gasteiger partial charge on any atom is -0.337 e. The highest BCUT2D eigenvalue weighted by atomic mass is 79.9. The standard InChI is InChI=1S/C9H16BrN5/c1-14-9(11-12-13-14)15-7-3-2-4-8(15)5-6-10/h8H,2-7H2,1H3. The van der Waals surface area contributed by atoms with Gasteiger partial charge in [0, 0.05) is 25.0 Å². The molecule has 1 aromatic heterocycles. The van der Waals surface area contributed by atoms with Crippen LogP contribution in [0.1, 0.15) is 25.7 Å². The van der Waals surface area contributed by atoms with Crippen molar-refractivity contribution in [2.75, 3.05) is 16.8 Å². The van der Waals surface area contributed by atoms with E-state index in [-0.39, 0.29) is 0 Å². The number of aromatic nitrogens is 4. The van der Waals surface area contributed by atoms with E-state index in [1.54, 1.807) is 4.68 Å². The van der Waals surface area contributed by atoms with E-state index in [0.717, 1.165) is 24.2 Å². The molecule has 0 radical (unpaired) electrons. The summed E-state index contributed by atoms with van der Waals surface area (Å²) in [4.78, 5) is 2.34.